The van der Waals surface area contributed by atoms with E-state index in [9.17, 15) is 0 Å². The molecule has 13 heavy (non-hydrogen) atoms. The van der Waals surface area contributed by atoms with Gasteiger partial charge in [-0.25, -0.2) is 0 Å². The normalized spacial score (nSPS) is 9.00. The first-order valence-electron chi connectivity index (χ1n) is 4.30. The summed E-state index contributed by atoms with van der Waals surface area (Å²) in [5.74, 6) is 2.50. The van der Waals surface area contributed by atoms with E-state index in [2.05, 4.69) is 12.2 Å². The van der Waals surface area contributed by atoms with Crippen molar-refractivity contribution in [1.82, 2.24) is 5.32 Å². The van der Waals surface area contributed by atoms with E-state index in [4.69, 9.17) is 24.8 Å². The van der Waals surface area contributed by atoms with Gasteiger partial charge in [0.25, 0.3) is 0 Å². The van der Waals surface area contributed by atoms with Gasteiger partial charge in [-0.1, -0.05) is 17.7 Å². The van der Waals surface area contributed by atoms with Gasteiger partial charge in [0.05, 0.1) is 0 Å². The van der Waals surface area contributed by atoms with Gasteiger partial charge in [0.2, 0.25) is 0 Å². The van der Waals surface area contributed by atoms with E-state index in [-0.39, 0.29) is 29.6 Å². The van der Waals surface area contributed by atoms with Crippen LogP contribution in [0.15, 0.2) is 0 Å². The number of unbranched alkanes of at least 4 members (excludes halogenated alkanes) is 1. The Bertz CT molecular complexity index is 122. The second-order valence-corrected chi connectivity index (χ2v) is 4.83. The van der Waals surface area contributed by atoms with Gasteiger partial charge in [-0.3, -0.25) is 0 Å². The van der Waals surface area contributed by atoms with Crippen LogP contribution in [0.2, 0.25) is 0 Å². The summed E-state index contributed by atoms with van der Waals surface area (Å²) in [7, 11) is 0. The summed E-state index contributed by atoms with van der Waals surface area (Å²) in [6.45, 7) is 3.15. The fourth-order valence-corrected chi connectivity index (χ4v) is 1.96. The van der Waals surface area contributed by atoms with Crippen LogP contribution in [0.1, 0.15) is 26.2 Å². The predicted molar refractivity (Wildman–Crippen MR) is 64.8 cm³/mol. The molecule has 0 aromatic carbocycles. The molecule has 0 radical (unpaired) electrons. The van der Waals surface area contributed by atoms with Crippen molar-refractivity contribution in [3.8, 4) is 0 Å². The SMILES string of the molecule is CCCCSCCCNC(=S)[S-].[Na+]. The van der Waals surface area contributed by atoms with Crippen molar-refractivity contribution in [1.29, 1.82) is 0 Å². The van der Waals surface area contributed by atoms with E-state index in [1.807, 2.05) is 11.8 Å². The van der Waals surface area contributed by atoms with Crippen LogP contribution in [0, 0.1) is 0 Å². The van der Waals surface area contributed by atoms with Crippen LogP contribution in [0.5, 0.6) is 0 Å². The Kier molecular flexibility index (Phi) is 17.5. The Morgan fingerprint density at radius 3 is 2.54 bits per heavy atom. The summed E-state index contributed by atoms with van der Waals surface area (Å²) in [5.41, 5.74) is 0. The maximum Gasteiger partial charge on any atom is 1.00 e. The fourth-order valence-electron chi connectivity index (χ4n) is 0.713. The molecule has 0 bridgehead atoms. The van der Waals surface area contributed by atoms with Crippen molar-refractivity contribution in [3.05, 3.63) is 0 Å². The summed E-state index contributed by atoms with van der Waals surface area (Å²) < 4.78 is 0.494. The molecule has 0 aromatic rings. The van der Waals surface area contributed by atoms with Gasteiger partial charge in [0.15, 0.2) is 0 Å². The third-order valence-electron chi connectivity index (χ3n) is 1.38. The van der Waals surface area contributed by atoms with Gasteiger partial charge in [-0.2, -0.15) is 11.8 Å². The van der Waals surface area contributed by atoms with Crippen molar-refractivity contribution >= 4 is 40.9 Å². The average Bonchev–Trinajstić information content (AvgIpc) is 2.02. The minimum Gasteiger partial charge on any atom is -0.412 e. The van der Waals surface area contributed by atoms with Crippen LogP contribution in [0.3, 0.4) is 0 Å². The van der Waals surface area contributed by atoms with Gasteiger partial charge in [-0.05, 0) is 24.3 Å². The number of thiocarbonyl (C=S) groups is 1. The molecule has 0 aliphatic heterocycles. The molecule has 0 rings (SSSR count). The van der Waals surface area contributed by atoms with E-state index < -0.39 is 0 Å². The van der Waals surface area contributed by atoms with Gasteiger partial charge in [0.1, 0.15) is 0 Å². The summed E-state index contributed by atoms with van der Waals surface area (Å²) in [6.07, 6.45) is 3.78. The average molecular weight is 245 g/mol. The molecule has 1 N–H and O–H groups in total. The largest absolute Gasteiger partial charge is 1.00 e. The van der Waals surface area contributed by atoms with Gasteiger partial charge < -0.3 is 30.2 Å². The van der Waals surface area contributed by atoms with Crippen molar-refractivity contribution in [2.45, 2.75) is 26.2 Å². The molecule has 0 saturated heterocycles. The maximum absolute atomic E-state index is 4.71. The molecular formula is C8H16NNaS3. The molecule has 0 amide bonds. The van der Waals surface area contributed by atoms with Gasteiger partial charge in [-0.15, -0.1) is 0 Å². The first-order chi connectivity index (χ1) is 5.77. The minimum atomic E-state index is 0. The Labute approximate surface area is 119 Å². The van der Waals surface area contributed by atoms with Crippen LogP contribution in [-0.4, -0.2) is 22.4 Å². The molecule has 0 saturated carbocycles. The molecule has 0 atom stereocenters. The van der Waals surface area contributed by atoms with E-state index in [1.54, 1.807) is 0 Å². The third-order valence-corrected chi connectivity index (χ3v) is 2.82. The maximum atomic E-state index is 4.71. The van der Waals surface area contributed by atoms with E-state index in [0.29, 0.717) is 4.32 Å². The van der Waals surface area contributed by atoms with Crippen molar-refractivity contribution in [2.75, 3.05) is 18.1 Å². The molecule has 0 heterocycles. The number of thioether (sulfide) groups is 1. The smallest absolute Gasteiger partial charge is 0.412 e. The fraction of sp³-hybridized carbons (Fsp3) is 0.875. The third kappa shape index (κ3) is 16.2. The molecule has 0 aromatic heterocycles. The number of hydrogen-bond donors (Lipinski definition) is 1. The van der Waals surface area contributed by atoms with Crippen LogP contribution in [0.4, 0.5) is 0 Å². The Balaban J connectivity index is 0. The van der Waals surface area contributed by atoms with Crippen LogP contribution >= 0.6 is 24.0 Å². The van der Waals surface area contributed by atoms with Crippen LogP contribution in [-0.2, 0) is 12.6 Å². The second kappa shape index (κ2) is 13.5. The molecule has 0 aliphatic carbocycles. The molecule has 0 unspecified atom stereocenters. The summed E-state index contributed by atoms with van der Waals surface area (Å²) in [6, 6.07) is 0. The topological polar surface area (TPSA) is 12.0 Å². The molecule has 0 fully saturated rings. The molecule has 72 valence electrons. The van der Waals surface area contributed by atoms with Crippen molar-refractivity contribution < 1.29 is 29.6 Å². The van der Waals surface area contributed by atoms with E-state index >= 15 is 0 Å². The monoisotopic (exact) mass is 245 g/mol. The summed E-state index contributed by atoms with van der Waals surface area (Å²) >= 11 is 11.4. The molecule has 1 nitrogen and oxygen atoms in total. The standard InChI is InChI=1S/C8H17NS3.Na/c1-2-3-6-12-7-4-5-9-8(10)11;/h2-7H2,1H3,(H2,9,10,11);/q;+1/p-1. The van der Waals surface area contributed by atoms with Crippen molar-refractivity contribution in [2.24, 2.45) is 0 Å². The van der Waals surface area contributed by atoms with Gasteiger partial charge >= 0.3 is 29.6 Å². The Morgan fingerprint density at radius 1 is 1.38 bits per heavy atom. The summed E-state index contributed by atoms with van der Waals surface area (Å²) in [4.78, 5) is 0. The zero-order valence-corrected chi connectivity index (χ0v) is 12.9. The zero-order valence-electron chi connectivity index (χ0n) is 8.47. The number of nitrogens with one attached hydrogen (secondary N) is 1. The van der Waals surface area contributed by atoms with Crippen molar-refractivity contribution in [3.63, 3.8) is 0 Å². The quantitative estimate of drug-likeness (QED) is 0.276. The minimum absolute atomic E-state index is 0. The second-order valence-electron chi connectivity index (χ2n) is 2.53. The van der Waals surface area contributed by atoms with Crippen LogP contribution < -0.4 is 34.9 Å². The molecule has 0 aliphatic rings. The molecular weight excluding hydrogens is 229 g/mol. The number of hydrogen-bond acceptors (Lipinski definition) is 3. The first kappa shape index (κ1) is 16.9. The Morgan fingerprint density at radius 2 is 2.00 bits per heavy atom. The predicted octanol–water partition coefficient (Wildman–Crippen LogP) is -0.665. The van der Waals surface area contributed by atoms with Crippen LogP contribution in [0.25, 0.3) is 0 Å². The first-order valence-corrected chi connectivity index (χ1v) is 6.27. The van der Waals surface area contributed by atoms with Gasteiger partial charge in [0, 0.05) is 6.54 Å². The molecule has 5 heteroatoms. The zero-order chi connectivity index (χ0) is 9.23. The van der Waals surface area contributed by atoms with E-state index in [1.165, 1.54) is 24.3 Å². The van der Waals surface area contributed by atoms with E-state index in [0.717, 1.165) is 13.0 Å². The summed E-state index contributed by atoms with van der Waals surface area (Å²) in [5, 5.41) is 2.97. The molecule has 0 spiro atoms. The Hall–Kier alpha value is 1.46. The number of rotatable bonds is 7.